The van der Waals surface area contributed by atoms with Crippen LogP contribution in [0.5, 0.6) is 0 Å². The third-order valence-corrected chi connectivity index (χ3v) is 3.33. The molecule has 0 unspecified atom stereocenters. The van der Waals surface area contributed by atoms with Gasteiger partial charge in [-0.3, -0.25) is 9.59 Å². The van der Waals surface area contributed by atoms with Crippen LogP contribution in [0.3, 0.4) is 0 Å². The highest BCUT2D eigenvalue weighted by molar-refractivity contribution is 7.98. The van der Waals surface area contributed by atoms with Gasteiger partial charge in [0.15, 0.2) is 0 Å². The molecule has 0 aliphatic rings. The molecule has 0 spiro atoms. The predicted molar refractivity (Wildman–Crippen MR) is 83.9 cm³/mol. The summed E-state index contributed by atoms with van der Waals surface area (Å²) in [7, 11) is 0. The highest BCUT2D eigenvalue weighted by Gasteiger charge is 2.20. The van der Waals surface area contributed by atoms with Crippen molar-refractivity contribution in [2.45, 2.75) is 12.5 Å². The maximum Gasteiger partial charge on any atom is 0.251 e. The summed E-state index contributed by atoms with van der Waals surface area (Å²) in [6.45, 7) is 3.96. The van der Waals surface area contributed by atoms with Gasteiger partial charge in [0, 0.05) is 12.1 Å². The molecule has 2 amide bonds. The van der Waals surface area contributed by atoms with Crippen LogP contribution in [0.1, 0.15) is 16.8 Å². The Kier molecular flexibility index (Phi) is 7.50. The summed E-state index contributed by atoms with van der Waals surface area (Å²) in [6.07, 6.45) is 4.18. The van der Waals surface area contributed by atoms with Gasteiger partial charge in [0.05, 0.1) is 0 Å². The summed E-state index contributed by atoms with van der Waals surface area (Å²) in [4.78, 5) is 24.1. The largest absolute Gasteiger partial charge is 0.351 e. The van der Waals surface area contributed by atoms with Crippen LogP contribution in [-0.4, -0.2) is 36.4 Å². The monoisotopic (exact) mass is 292 g/mol. The molecule has 20 heavy (non-hydrogen) atoms. The molecule has 2 N–H and O–H groups in total. The zero-order chi connectivity index (χ0) is 14.8. The fourth-order valence-electron chi connectivity index (χ4n) is 1.63. The van der Waals surface area contributed by atoms with E-state index < -0.39 is 6.04 Å². The van der Waals surface area contributed by atoms with E-state index in [9.17, 15) is 9.59 Å². The van der Waals surface area contributed by atoms with Crippen LogP contribution in [0, 0.1) is 0 Å². The highest BCUT2D eigenvalue weighted by atomic mass is 32.2. The molecule has 0 bridgehead atoms. The van der Waals surface area contributed by atoms with Crippen LogP contribution < -0.4 is 10.6 Å². The van der Waals surface area contributed by atoms with E-state index in [1.54, 1.807) is 42.1 Å². The topological polar surface area (TPSA) is 58.2 Å². The van der Waals surface area contributed by atoms with Crippen molar-refractivity contribution in [1.29, 1.82) is 0 Å². The Hall–Kier alpha value is -1.75. The maximum absolute atomic E-state index is 12.1. The molecule has 0 radical (unpaired) electrons. The third-order valence-electron chi connectivity index (χ3n) is 2.69. The predicted octanol–water partition coefficient (Wildman–Crippen LogP) is 1.84. The second-order valence-electron chi connectivity index (χ2n) is 4.21. The number of rotatable bonds is 8. The van der Waals surface area contributed by atoms with Crippen LogP contribution in [0.25, 0.3) is 0 Å². The van der Waals surface area contributed by atoms with Gasteiger partial charge < -0.3 is 10.6 Å². The first-order chi connectivity index (χ1) is 9.69. The van der Waals surface area contributed by atoms with Gasteiger partial charge in [0.2, 0.25) is 5.91 Å². The number of nitrogens with one attached hydrogen (secondary N) is 2. The Morgan fingerprint density at radius 3 is 2.65 bits per heavy atom. The zero-order valence-corrected chi connectivity index (χ0v) is 12.4. The van der Waals surface area contributed by atoms with Gasteiger partial charge in [0.1, 0.15) is 6.04 Å². The lowest BCUT2D eigenvalue weighted by atomic mass is 10.1. The second-order valence-corrected chi connectivity index (χ2v) is 5.19. The van der Waals surface area contributed by atoms with Crippen LogP contribution in [0.15, 0.2) is 43.0 Å². The van der Waals surface area contributed by atoms with Gasteiger partial charge in [-0.1, -0.05) is 24.3 Å². The summed E-state index contributed by atoms with van der Waals surface area (Å²) in [5, 5.41) is 5.50. The second kappa shape index (κ2) is 9.20. The van der Waals surface area contributed by atoms with Crippen molar-refractivity contribution in [3.63, 3.8) is 0 Å². The molecule has 5 heteroatoms. The van der Waals surface area contributed by atoms with Crippen molar-refractivity contribution in [3.8, 4) is 0 Å². The van der Waals surface area contributed by atoms with Crippen molar-refractivity contribution in [3.05, 3.63) is 48.6 Å². The van der Waals surface area contributed by atoms with E-state index in [2.05, 4.69) is 17.2 Å². The van der Waals surface area contributed by atoms with Crippen molar-refractivity contribution in [2.75, 3.05) is 18.6 Å². The molecule has 0 heterocycles. The molecule has 0 saturated heterocycles. The van der Waals surface area contributed by atoms with Gasteiger partial charge in [-0.2, -0.15) is 11.8 Å². The first-order valence-corrected chi connectivity index (χ1v) is 7.82. The molecular weight excluding hydrogens is 272 g/mol. The van der Waals surface area contributed by atoms with E-state index in [4.69, 9.17) is 0 Å². The van der Waals surface area contributed by atoms with Crippen LogP contribution in [0.4, 0.5) is 0 Å². The number of thioether (sulfide) groups is 1. The molecule has 108 valence electrons. The molecular formula is C15H20N2O2S. The average molecular weight is 292 g/mol. The molecule has 0 fully saturated rings. The molecule has 0 saturated carbocycles. The number of hydrogen-bond acceptors (Lipinski definition) is 3. The first kappa shape index (κ1) is 16.3. The van der Waals surface area contributed by atoms with Gasteiger partial charge in [-0.25, -0.2) is 0 Å². The van der Waals surface area contributed by atoms with Crippen LogP contribution in [-0.2, 0) is 4.79 Å². The number of carbonyl (C=O) groups is 2. The normalized spacial score (nSPS) is 11.4. The number of carbonyl (C=O) groups excluding carboxylic acids is 2. The quantitative estimate of drug-likeness (QED) is 0.719. The summed E-state index contributed by atoms with van der Waals surface area (Å²) >= 11 is 1.64. The summed E-state index contributed by atoms with van der Waals surface area (Å²) in [5.41, 5.74) is 0.554. The van der Waals surface area contributed by atoms with E-state index in [1.165, 1.54) is 0 Å². The molecule has 1 rings (SSSR count). The average Bonchev–Trinajstić information content (AvgIpc) is 2.49. The summed E-state index contributed by atoms with van der Waals surface area (Å²) < 4.78 is 0. The molecule has 0 aliphatic carbocycles. The van der Waals surface area contributed by atoms with Crippen molar-refractivity contribution >= 4 is 23.6 Å². The van der Waals surface area contributed by atoms with Gasteiger partial charge in [-0.05, 0) is 30.6 Å². The van der Waals surface area contributed by atoms with E-state index in [0.717, 1.165) is 5.75 Å². The van der Waals surface area contributed by atoms with E-state index >= 15 is 0 Å². The fraction of sp³-hybridized carbons (Fsp3) is 0.333. The maximum atomic E-state index is 12.1. The fourth-order valence-corrected chi connectivity index (χ4v) is 2.10. The lowest BCUT2D eigenvalue weighted by molar-refractivity contribution is -0.122. The van der Waals surface area contributed by atoms with E-state index in [0.29, 0.717) is 18.5 Å². The SMILES string of the molecule is C=CCNC(=O)[C@H](CCSC)NC(=O)c1ccccc1. The van der Waals surface area contributed by atoms with Crippen LogP contribution in [0.2, 0.25) is 0 Å². The zero-order valence-electron chi connectivity index (χ0n) is 11.6. The molecule has 0 aliphatic heterocycles. The smallest absolute Gasteiger partial charge is 0.251 e. The summed E-state index contributed by atoms with van der Waals surface area (Å²) in [5.74, 6) is 0.398. The standard InChI is InChI=1S/C15H20N2O2S/c1-3-10-16-15(19)13(9-11-20-2)17-14(18)12-7-5-4-6-8-12/h3-8,13H,1,9-11H2,2H3,(H,16,19)(H,17,18)/t13-/m0/s1. The van der Waals surface area contributed by atoms with Crippen molar-refractivity contribution < 1.29 is 9.59 Å². The third kappa shape index (κ3) is 5.48. The van der Waals surface area contributed by atoms with E-state index in [1.807, 2.05) is 12.3 Å². The Labute approximate surface area is 124 Å². The molecule has 4 nitrogen and oxygen atoms in total. The van der Waals surface area contributed by atoms with Crippen LogP contribution >= 0.6 is 11.8 Å². The lowest BCUT2D eigenvalue weighted by Gasteiger charge is -2.17. The summed E-state index contributed by atoms with van der Waals surface area (Å²) in [6, 6.07) is 8.37. The molecule has 0 aromatic heterocycles. The minimum atomic E-state index is -0.518. The Morgan fingerprint density at radius 1 is 1.35 bits per heavy atom. The van der Waals surface area contributed by atoms with Crippen molar-refractivity contribution in [1.82, 2.24) is 10.6 Å². The highest BCUT2D eigenvalue weighted by Crippen LogP contribution is 2.04. The minimum absolute atomic E-state index is 0.178. The van der Waals surface area contributed by atoms with E-state index in [-0.39, 0.29) is 11.8 Å². The number of amides is 2. The van der Waals surface area contributed by atoms with Gasteiger partial charge in [-0.15, -0.1) is 6.58 Å². The minimum Gasteiger partial charge on any atom is -0.351 e. The molecule has 1 atom stereocenters. The Balaban J connectivity index is 2.66. The lowest BCUT2D eigenvalue weighted by Crippen LogP contribution is -2.47. The van der Waals surface area contributed by atoms with Crippen molar-refractivity contribution in [2.24, 2.45) is 0 Å². The molecule has 1 aromatic carbocycles. The van der Waals surface area contributed by atoms with Gasteiger partial charge in [0.25, 0.3) is 5.91 Å². The number of hydrogen-bond donors (Lipinski definition) is 2. The number of benzene rings is 1. The Morgan fingerprint density at radius 2 is 2.05 bits per heavy atom. The Bertz CT molecular complexity index is 448. The first-order valence-electron chi connectivity index (χ1n) is 6.42. The van der Waals surface area contributed by atoms with Gasteiger partial charge >= 0.3 is 0 Å². The molecule has 1 aromatic rings.